The van der Waals surface area contributed by atoms with E-state index in [-0.39, 0.29) is 17.3 Å². The van der Waals surface area contributed by atoms with Crippen molar-refractivity contribution in [3.05, 3.63) is 35.4 Å². The van der Waals surface area contributed by atoms with E-state index >= 15 is 0 Å². The van der Waals surface area contributed by atoms with Crippen LogP contribution in [0.2, 0.25) is 0 Å². The van der Waals surface area contributed by atoms with Crippen molar-refractivity contribution in [3.63, 3.8) is 0 Å². The molecule has 0 saturated carbocycles. The fourth-order valence-electron chi connectivity index (χ4n) is 2.48. The van der Waals surface area contributed by atoms with E-state index in [2.05, 4.69) is 0 Å². The lowest BCUT2D eigenvalue weighted by atomic mass is 9.93. The molecule has 1 heterocycles. The van der Waals surface area contributed by atoms with Crippen LogP contribution in [0.5, 0.6) is 0 Å². The summed E-state index contributed by atoms with van der Waals surface area (Å²) in [5.41, 5.74) is 0.157. The third-order valence-electron chi connectivity index (χ3n) is 4.08. The Morgan fingerprint density at radius 3 is 2.70 bits per heavy atom. The van der Waals surface area contributed by atoms with Crippen LogP contribution in [0, 0.1) is 17.6 Å². The molecule has 110 valence electrons. The van der Waals surface area contributed by atoms with Crippen molar-refractivity contribution in [1.29, 1.82) is 0 Å². The van der Waals surface area contributed by atoms with Gasteiger partial charge in [0, 0.05) is 12.1 Å². The minimum atomic E-state index is -1.02. The van der Waals surface area contributed by atoms with Crippen LogP contribution >= 0.6 is 0 Å². The van der Waals surface area contributed by atoms with Gasteiger partial charge in [-0.2, -0.15) is 0 Å². The highest BCUT2D eigenvalue weighted by Gasteiger charge is 2.30. The molecule has 3 unspecified atom stereocenters. The first-order valence-corrected chi connectivity index (χ1v) is 6.81. The Labute approximate surface area is 117 Å². The summed E-state index contributed by atoms with van der Waals surface area (Å²) in [6.45, 7) is 4.85. The Morgan fingerprint density at radius 1 is 1.40 bits per heavy atom. The van der Waals surface area contributed by atoms with Gasteiger partial charge in [-0.15, -0.1) is 0 Å². The van der Waals surface area contributed by atoms with Gasteiger partial charge in [0.1, 0.15) is 0 Å². The quantitative estimate of drug-likeness (QED) is 0.865. The third-order valence-corrected chi connectivity index (χ3v) is 4.08. The predicted molar refractivity (Wildman–Crippen MR) is 71.5 cm³/mol. The van der Waals surface area contributed by atoms with E-state index in [1.807, 2.05) is 11.8 Å². The molecule has 0 radical (unpaired) electrons. The van der Waals surface area contributed by atoms with Crippen LogP contribution < -0.4 is 0 Å². The van der Waals surface area contributed by atoms with Crippen LogP contribution in [0.3, 0.4) is 0 Å². The van der Waals surface area contributed by atoms with Crippen molar-refractivity contribution in [1.82, 2.24) is 4.90 Å². The molecule has 1 fully saturated rings. The molecule has 3 atom stereocenters. The predicted octanol–water partition coefficient (Wildman–Crippen LogP) is 2.24. The smallest absolute Gasteiger partial charge is 0.179 e. The van der Waals surface area contributed by atoms with Gasteiger partial charge in [-0.25, -0.2) is 8.78 Å². The average Bonchev–Trinajstić information content (AvgIpc) is 2.43. The summed E-state index contributed by atoms with van der Waals surface area (Å²) in [5, 5.41) is 9.87. The lowest BCUT2D eigenvalue weighted by Gasteiger charge is -2.37. The molecule has 3 nitrogen and oxygen atoms in total. The highest BCUT2D eigenvalue weighted by molar-refractivity contribution is 5.99. The first kappa shape index (κ1) is 15.1. The molecule has 20 heavy (non-hydrogen) atoms. The zero-order valence-corrected chi connectivity index (χ0v) is 11.6. The number of rotatable bonds is 3. The highest BCUT2D eigenvalue weighted by atomic mass is 19.2. The number of hydrogen-bond acceptors (Lipinski definition) is 3. The molecular formula is C15H19F2NO2. The average molecular weight is 283 g/mol. The first-order valence-electron chi connectivity index (χ1n) is 6.81. The summed E-state index contributed by atoms with van der Waals surface area (Å²) < 4.78 is 26.1. The SMILES string of the molecule is CC1CCN(C(C)C(=O)c2ccc(F)c(F)c2)CC1O. The summed E-state index contributed by atoms with van der Waals surface area (Å²) in [7, 11) is 0. The van der Waals surface area contributed by atoms with E-state index in [0.717, 1.165) is 25.1 Å². The second-order valence-corrected chi connectivity index (χ2v) is 5.50. The van der Waals surface area contributed by atoms with Crippen LogP contribution in [-0.2, 0) is 0 Å². The fourth-order valence-corrected chi connectivity index (χ4v) is 2.48. The van der Waals surface area contributed by atoms with Crippen LogP contribution in [0.4, 0.5) is 8.78 Å². The number of aliphatic hydroxyl groups excluding tert-OH is 1. The number of β-amino-alcohol motifs (C(OH)–C–C–N with tert-alkyl or cyclic N) is 1. The number of nitrogens with zero attached hydrogens (tertiary/aromatic N) is 1. The van der Waals surface area contributed by atoms with Crippen molar-refractivity contribution in [2.45, 2.75) is 32.4 Å². The molecule has 1 saturated heterocycles. The van der Waals surface area contributed by atoms with Crippen molar-refractivity contribution >= 4 is 5.78 Å². The molecule has 1 N–H and O–H groups in total. The normalized spacial score (nSPS) is 25.4. The van der Waals surface area contributed by atoms with Gasteiger partial charge in [-0.1, -0.05) is 6.92 Å². The zero-order valence-electron chi connectivity index (χ0n) is 11.6. The highest BCUT2D eigenvalue weighted by Crippen LogP contribution is 2.21. The molecule has 0 aliphatic carbocycles. The molecule has 1 aliphatic rings. The lowest BCUT2D eigenvalue weighted by molar-refractivity contribution is 0.0146. The van der Waals surface area contributed by atoms with E-state index in [4.69, 9.17) is 0 Å². The Bertz CT molecular complexity index is 507. The number of piperidine rings is 1. The molecule has 0 spiro atoms. The molecule has 0 bridgehead atoms. The number of likely N-dealkylation sites (tertiary alicyclic amines) is 1. The van der Waals surface area contributed by atoms with Crippen LogP contribution in [0.1, 0.15) is 30.6 Å². The number of Topliss-reactive ketones (excluding diaryl/α,β-unsaturated/α-hetero) is 1. The number of carbonyl (C=O) groups excluding carboxylic acids is 1. The monoisotopic (exact) mass is 283 g/mol. The van der Waals surface area contributed by atoms with E-state index in [9.17, 15) is 18.7 Å². The van der Waals surface area contributed by atoms with Crippen molar-refractivity contribution < 1.29 is 18.7 Å². The van der Waals surface area contributed by atoms with Gasteiger partial charge >= 0.3 is 0 Å². The summed E-state index contributed by atoms with van der Waals surface area (Å²) in [4.78, 5) is 14.2. The van der Waals surface area contributed by atoms with Gasteiger partial charge in [0.05, 0.1) is 12.1 Å². The van der Waals surface area contributed by atoms with Gasteiger partial charge in [0.25, 0.3) is 0 Å². The van der Waals surface area contributed by atoms with Crippen molar-refractivity contribution in [2.24, 2.45) is 5.92 Å². The summed E-state index contributed by atoms with van der Waals surface area (Å²) in [5.74, 6) is -2.02. The molecule has 1 aromatic rings. The maximum absolute atomic E-state index is 13.2. The number of halogens is 2. The second kappa shape index (κ2) is 5.97. The van der Waals surface area contributed by atoms with E-state index in [1.54, 1.807) is 6.92 Å². The topological polar surface area (TPSA) is 40.5 Å². The Balaban J connectivity index is 2.10. The Morgan fingerprint density at radius 2 is 2.10 bits per heavy atom. The number of hydrogen-bond donors (Lipinski definition) is 1. The molecular weight excluding hydrogens is 264 g/mol. The molecule has 5 heteroatoms. The lowest BCUT2D eigenvalue weighted by Crippen LogP contribution is -2.49. The second-order valence-electron chi connectivity index (χ2n) is 5.50. The summed E-state index contributed by atoms with van der Waals surface area (Å²) >= 11 is 0. The number of carbonyl (C=O) groups is 1. The maximum Gasteiger partial charge on any atom is 0.179 e. The van der Waals surface area contributed by atoms with Crippen LogP contribution in [0.25, 0.3) is 0 Å². The standard InChI is InChI=1S/C15H19F2NO2/c1-9-5-6-18(8-14(9)19)10(2)15(20)11-3-4-12(16)13(17)7-11/h3-4,7,9-10,14,19H,5-6,8H2,1-2H3. The fraction of sp³-hybridized carbons (Fsp3) is 0.533. The largest absolute Gasteiger partial charge is 0.392 e. The van der Waals surface area contributed by atoms with Gasteiger partial charge in [-0.05, 0) is 44.0 Å². The number of ketones is 1. The van der Waals surface area contributed by atoms with Crippen LogP contribution in [-0.4, -0.2) is 41.0 Å². The van der Waals surface area contributed by atoms with Crippen molar-refractivity contribution in [2.75, 3.05) is 13.1 Å². The van der Waals surface area contributed by atoms with Crippen LogP contribution in [0.15, 0.2) is 18.2 Å². The minimum absolute atomic E-state index is 0.157. The van der Waals surface area contributed by atoms with Gasteiger partial charge in [0.15, 0.2) is 17.4 Å². The Hall–Kier alpha value is -1.33. The van der Waals surface area contributed by atoms with E-state index in [0.29, 0.717) is 6.54 Å². The van der Waals surface area contributed by atoms with E-state index in [1.165, 1.54) is 6.07 Å². The molecule has 0 aromatic heterocycles. The van der Waals surface area contributed by atoms with Gasteiger partial charge in [-0.3, -0.25) is 9.69 Å². The minimum Gasteiger partial charge on any atom is -0.392 e. The maximum atomic E-state index is 13.2. The number of aliphatic hydroxyl groups is 1. The summed E-state index contributed by atoms with van der Waals surface area (Å²) in [6, 6.07) is 2.72. The molecule has 0 amide bonds. The molecule has 1 aromatic carbocycles. The van der Waals surface area contributed by atoms with E-state index < -0.39 is 23.8 Å². The number of benzene rings is 1. The summed E-state index contributed by atoms with van der Waals surface area (Å²) in [6.07, 6.45) is 0.361. The van der Waals surface area contributed by atoms with Gasteiger partial charge < -0.3 is 5.11 Å². The van der Waals surface area contributed by atoms with Crippen molar-refractivity contribution in [3.8, 4) is 0 Å². The van der Waals surface area contributed by atoms with Gasteiger partial charge in [0.2, 0.25) is 0 Å². The molecule has 2 rings (SSSR count). The third kappa shape index (κ3) is 3.04. The first-order chi connectivity index (χ1) is 9.40. The zero-order chi connectivity index (χ0) is 14.9. The Kier molecular flexibility index (Phi) is 4.50. The molecule has 1 aliphatic heterocycles.